The molecule has 0 radical (unpaired) electrons. The molecule has 1 saturated carbocycles. The summed E-state index contributed by atoms with van der Waals surface area (Å²) in [6.07, 6.45) is 5.19. The van der Waals surface area contributed by atoms with Crippen molar-refractivity contribution in [2.45, 2.75) is 44.8 Å². The minimum Gasteiger partial charge on any atom is -0.367 e. The number of hydrogen-bond donors (Lipinski definition) is 0. The molecule has 1 aliphatic carbocycles. The Morgan fingerprint density at radius 3 is 2.24 bits per heavy atom. The van der Waals surface area contributed by atoms with Gasteiger partial charge in [0.25, 0.3) is 0 Å². The molecule has 2 aliphatic rings. The van der Waals surface area contributed by atoms with Crippen molar-refractivity contribution < 1.29 is 18.3 Å². The summed E-state index contributed by atoms with van der Waals surface area (Å²) < 4.78 is 34.2. The number of halogens is 3. The lowest BCUT2D eigenvalue weighted by atomic mass is 9.88. The minimum atomic E-state index is -0.611. The number of nitrogens with zero attached hydrogens (tertiary/aromatic N) is 2. The molecule has 33 heavy (non-hydrogen) atoms. The minimum absolute atomic E-state index is 0.0700. The fourth-order valence-corrected chi connectivity index (χ4v) is 4.90. The summed E-state index contributed by atoms with van der Waals surface area (Å²) in [6.45, 7) is 3.31. The number of ether oxygens (including phenoxy) is 1. The molecule has 0 bridgehead atoms. The zero-order valence-corrected chi connectivity index (χ0v) is 19.6. The molecule has 7 heteroatoms. The van der Waals surface area contributed by atoms with Crippen LogP contribution in [0.5, 0.6) is 0 Å². The van der Waals surface area contributed by atoms with Gasteiger partial charge in [0.15, 0.2) is 0 Å². The number of rotatable bonds is 7. The van der Waals surface area contributed by atoms with E-state index >= 15 is 0 Å². The first-order chi connectivity index (χ1) is 16.0. The molecule has 0 aromatic heterocycles. The summed E-state index contributed by atoms with van der Waals surface area (Å²) in [7, 11) is 0. The zero-order chi connectivity index (χ0) is 23.2. The van der Waals surface area contributed by atoms with Crippen LogP contribution in [-0.4, -0.2) is 48.4 Å². The standard InChI is InChI=1S/C26H31ClF2N2O2/c27-21-11-9-19(10-12-21)25(33-18-22-23(28)7-4-8-24(22)29)17-30-13-15-31(16-14-30)26(32)20-5-2-1-3-6-20/h4,7-12,20,25H,1-3,5-6,13-18H2. The van der Waals surface area contributed by atoms with E-state index in [2.05, 4.69) is 4.90 Å². The first-order valence-electron chi connectivity index (χ1n) is 11.8. The number of hydrogen-bond acceptors (Lipinski definition) is 3. The second-order valence-electron chi connectivity index (χ2n) is 9.01. The average molecular weight is 477 g/mol. The Labute approximate surface area is 199 Å². The lowest BCUT2D eigenvalue weighted by Crippen LogP contribution is -2.51. The third-order valence-electron chi connectivity index (χ3n) is 6.79. The maximum absolute atomic E-state index is 14.1. The van der Waals surface area contributed by atoms with Crippen LogP contribution in [-0.2, 0) is 16.1 Å². The van der Waals surface area contributed by atoms with Gasteiger partial charge in [-0.15, -0.1) is 0 Å². The number of piperazine rings is 1. The molecule has 2 aromatic carbocycles. The Balaban J connectivity index is 1.38. The average Bonchev–Trinajstić information content (AvgIpc) is 2.84. The van der Waals surface area contributed by atoms with Crippen LogP contribution in [0.15, 0.2) is 42.5 Å². The Bertz CT molecular complexity index is 906. The van der Waals surface area contributed by atoms with Crippen molar-refractivity contribution in [3.63, 3.8) is 0 Å². The summed E-state index contributed by atoms with van der Waals surface area (Å²) in [6, 6.07) is 11.2. The zero-order valence-electron chi connectivity index (χ0n) is 18.8. The summed E-state index contributed by atoms with van der Waals surface area (Å²) in [5.74, 6) is -0.736. The smallest absolute Gasteiger partial charge is 0.225 e. The van der Waals surface area contributed by atoms with E-state index in [1.807, 2.05) is 17.0 Å². The van der Waals surface area contributed by atoms with Crippen molar-refractivity contribution in [1.29, 1.82) is 0 Å². The van der Waals surface area contributed by atoms with Gasteiger partial charge in [-0.25, -0.2) is 8.78 Å². The molecule has 178 valence electrons. The molecule has 2 aromatic rings. The van der Waals surface area contributed by atoms with Crippen LogP contribution >= 0.6 is 11.6 Å². The lowest BCUT2D eigenvalue weighted by molar-refractivity contribution is -0.138. The Hall–Kier alpha value is -2.02. The van der Waals surface area contributed by atoms with Gasteiger partial charge in [0, 0.05) is 49.2 Å². The van der Waals surface area contributed by atoms with Gasteiger partial charge < -0.3 is 9.64 Å². The highest BCUT2D eigenvalue weighted by atomic mass is 35.5. The molecule has 4 nitrogen and oxygen atoms in total. The predicted octanol–water partition coefficient (Wildman–Crippen LogP) is 5.60. The quantitative estimate of drug-likeness (QED) is 0.521. The lowest BCUT2D eigenvalue weighted by Gasteiger charge is -2.38. The van der Waals surface area contributed by atoms with Gasteiger partial charge in [-0.2, -0.15) is 0 Å². The fraction of sp³-hybridized carbons (Fsp3) is 0.500. The second kappa shape index (κ2) is 11.4. The highest BCUT2D eigenvalue weighted by Crippen LogP contribution is 2.27. The molecule has 1 atom stereocenters. The summed E-state index contributed by atoms with van der Waals surface area (Å²) in [5, 5.41) is 0.618. The molecule has 1 amide bonds. The van der Waals surface area contributed by atoms with Gasteiger partial charge in [-0.3, -0.25) is 9.69 Å². The van der Waals surface area contributed by atoms with Crippen molar-refractivity contribution in [3.05, 3.63) is 70.2 Å². The van der Waals surface area contributed by atoms with Crippen LogP contribution in [0, 0.1) is 17.6 Å². The van der Waals surface area contributed by atoms with Crippen molar-refractivity contribution in [2.75, 3.05) is 32.7 Å². The van der Waals surface area contributed by atoms with Crippen molar-refractivity contribution in [2.24, 2.45) is 5.92 Å². The van der Waals surface area contributed by atoms with E-state index in [0.717, 1.165) is 44.3 Å². The van der Waals surface area contributed by atoms with Crippen LogP contribution in [0.3, 0.4) is 0 Å². The van der Waals surface area contributed by atoms with Crippen LogP contribution in [0.25, 0.3) is 0 Å². The summed E-state index contributed by atoms with van der Waals surface area (Å²) in [5.41, 5.74) is 0.830. The summed E-state index contributed by atoms with van der Waals surface area (Å²) >= 11 is 6.04. The van der Waals surface area contributed by atoms with E-state index in [4.69, 9.17) is 16.3 Å². The van der Waals surface area contributed by atoms with E-state index < -0.39 is 11.6 Å². The van der Waals surface area contributed by atoms with E-state index in [9.17, 15) is 13.6 Å². The van der Waals surface area contributed by atoms with E-state index in [1.165, 1.54) is 24.6 Å². The third-order valence-corrected chi connectivity index (χ3v) is 7.05. The van der Waals surface area contributed by atoms with Crippen LogP contribution in [0.4, 0.5) is 8.78 Å². The molecular weight excluding hydrogens is 446 g/mol. The fourth-order valence-electron chi connectivity index (χ4n) is 4.78. The first kappa shape index (κ1) is 24.1. The molecular formula is C26H31ClF2N2O2. The maximum Gasteiger partial charge on any atom is 0.225 e. The Morgan fingerprint density at radius 1 is 0.970 bits per heavy atom. The second-order valence-corrected chi connectivity index (χ2v) is 9.45. The molecule has 0 spiro atoms. The normalized spacial score (nSPS) is 18.9. The van der Waals surface area contributed by atoms with E-state index in [0.29, 0.717) is 30.6 Å². The van der Waals surface area contributed by atoms with Crippen LogP contribution in [0.2, 0.25) is 5.02 Å². The highest BCUT2D eigenvalue weighted by Gasteiger charge is 2.29. The van der Waals surface area contributed by atoms with E-state index in [1.54, 1.807) is 12.1 Å². The highest BCUT2D eigenvalue weighted by molar-refractivity contribution is 6.30. The molecule has 1 unspecified atom stereocenters. The maximum atomic E-state index is 14.1. The van der Waals surface area contributed by atoms with Crippen molar-refractivity contribution in [3.8, 4) is 0 Å². The Morgan fingerprint density at radius 2 is 1.61 bits per heavy atom. The first-order valence-corrected chi connectivity index (χ1v) is 12.2. The summed E-state index contributed by atoms with van der Waals surface area (Å²) in [4.78, 5) is 17.1. The van der Waals surface area contributed by atoms with Gasteiger partial charge in [0.05, 0.1) is 12.7 Å². The van der Waals surface area contributed by atoms with Gasteiger partial charge in [-0.05, 0) is 42.7 Å². The van der Waals surface area contributed by atoms with Gasteiger partial charge in [-0.1, -0.05) is 49.1 Å². The largest absolute Gasteiger partial charge is 0.367 e. The van der Waals surface area contributed by atoms with Crippen LogP contribution < -0.4 is 0 Å². The molecule has 2 fully saturated rings. The van der Waals surface area contributed by atoms with E-state index in [-0.39, 0.29) is 24.2 Å². The van der Waals surface area contributed by atoms with Gasteiger partial charge >= 0.3 is 0 Å². The number of carbonyl (C=O) groups excluding carboxylic acids is 1. The number of carbonyl (C=O) groups is 1. The van der Waals surface area contributed by atoms with Gasteiger partial charge in [0.1, 0.15) is 11.6 Å². The SMILES string of the molecule is O=C(C1CCCCC1)N1CCN(CC(OCc2c(F)cccc2F)c2ccc(Cl)cc2)CC1. The molecule has 0 N–H and O–H groups in total. The topological polar surface area (TPSA) is 32.8 Å². The molecule has 4 rings (SSSR count). The Kier molecular flexibility index (Phi) is 8.34. The number of benzene rings is 2. The van der Waals surface area contributed by atoms with Crippen molar-refractivity contribution >= 4 is 17.5 Å². The monoisotopic (exact) mass is 476 g/mol. The third kappa shape index (κ3) is 6.31. The van der Waals surface area contributed by atoms with Crippen LogP contribution in [0.1, 0.15) is 49.3 Å². The molecule has 1 saturated heterocycles. The molecule has 1 aliphatic heterocycles. The predicted molar refractivity (Wildman–Crippen MR) is 125 cm³/mol. The molecule has 1 heterocycles. The van der Waals surface area contributed by atoms with Gasteiger partial charge in [0.2, 0.25) is 5.91 Å². The number of amides is 1. The van der Waals surface area contributed by atoms with Crippen molar-refractivity contribution in [1.82, 2.24) is 9.80 Å².